The molecule has 28 heavy (non-hydrogen) atoms. The van der Waals surface area contributed by atoms with Crippen molar-refractivity contribution in [3.8, 4) is 0 Å². The molecule has 0 saturated heterocycles. The second kappa shape index (κ2) is 9.20. The van der Waals surface area contributed by atoms with E-state index in [-0.39, 0.29) is 0 Å². The molecule has 0 aromatic heterocycles. The predicted octanol–water partition coefficient (Wildman–Crippen LogP) is 5.09. The highest BCUT2D eigenvalue weighted by atomic mass is 32.1. The summed E-state index contributed by atoms with van der Waals surface area (Å²) >= 11 is 5.40. The van der Waals surface area contributed by atoms with Crippen LogP contribution in [0, 0.1) is 20.8 Å². The standard InChI is InChI=1S/C23H30N4S/c1-5-10-27-11-6-7-20-14-19(8-9-21(20)27)15-24-26-23(28)25-22-17(3)12-16(2)13-18(22)4/h8-9,12-15H,5-7,10-11H2,1-4H3,(H2,25,26,28). The fourth-order valence-electron chi connectivity index (χ4n) is 3.96. The van der Waals surface area contributed by atoms with Gasteiger partial charge in [0.05, 0.1) is 6.21 Å². The first-order chi connectivity index (χ1) is 13.5. The normalized spacial score (nSPS) is 13.5. The van der Waals surface area contributed by atoms with Gasteiger partial charge in [-0.3, -0.25) is 5.43 Å². The molecule has 0 fully saturated rings. The van der Waals surface area contributed by atoms with E-state index in [2.05, 4.69) is 78.8 Å². The average Bonchev–Trinajstić information content (AvgIpc) is 2.65. The van der Waals surface area contributed by atoms with Crippen LogP contribution in [0.5, 0.6) is 0 Å². The monoisotopic (exact) mass is 394 g/mol. The van der Waals surface area contributed by atoms with Gasteiger partial charge in [-0.1, -0.05) is 30.7 Å². The van der Waals surface area contributed by atoms with Crippen LogP contribution in [0.3, 0.4) is 0 Å². The summed E-state index contributed by atoms with van der Waals surface area (Å²) < 4.78 is 0. The van der Waals surface area contributed by atoms with Crippen molar-refractivity contribution in [1.29, 1.82) is 0 Å². The molecule has 0 bridgehead atoms. The second-order valence-electron chi connectivity index (χ2n) is 7.58. The van der Waals surface area contributed by atoms with Crippen molar-refractivity contribution in [2.75, 3.05) is 23.3 Å². The number of nitrogens with one attached hydrogen (secondary N) is 2. The maximum Gasteiger partial charge on any atom is 0.191 e. The molecule has 148 valence electrons. The first-order valence-electron chi connectivity index (χ1n) is 10.0. The summed E-state index contributed by atoms with van der Waals surface area (Å²) in [7, 11) is 0. The van der Waals surface area contributed by atoms with Gasteiger partial charge in [0.15, 0.2) is 5.11 Å². The number of hydrazone groups is 1. The van der Waals surface area contributed by atoms with Crippen LogP contribution in [-0.2, 0) is 6.42 Å². The number of anilines is 2. The maximum absolute atomic E-state index is 5.40. The summed E-state index contributed by atoms with van der Waals surface area (Å²) in [5, 5.41) is 8.09. The third-order valence-electron chi connectivity index (χ3n) is 5.11. The lowest BCUT2D eigenvalue weighted by Crippen LogP contribution is -2.30. The minimum absolute atomic E-state index is 0.499. The molecular formula is C23H30N4S. The molecule has 3 rings (SSSR count). The number of hydrogen-bond acceptors (Lipinski definition) is 3. The molecule has 0 radical (unpaired) electrons. The Labute approximate surface area is 174 Å². The zero-order valence-electron chi connectivity index (χ0n) is 17.3. The smallest absolute Gasteiger partial charge is 0.191 e. The van der Waals surface area contributed by atoms with E-state index in [4.69, 9.17) is 12.2 Å². The molecule has 0 unspecified atom stereocenters. The van der Waals surface area contributed by atoms with Crippen LogP contribution < -0.4 is 15.6 Å². The van der Waals surface area contributed by atoms with E-state index < -0.39 is 0 Å². The minimum Gasteiger partial charge on any atom is -0.371 e. The molecule has 0 saturated carbocycles. The number of nitrogens with zero attached hydrogens (tertiary/aromatic N) is 2. The molecule has 5 heteroatoms. The Bertz CT molecular complexity index is 865. The number of thiocarbonyl (C=S) groups is 1. The quantitative estimate of drug-likeness (QED) is 0.421. The van der Waals surface area contributed by atoms with E-state index in [0.29, 0.717) is 5.11 Å². The van der Waals surface area contributed by atoms with E-state index in [0.717, 1.165) is 30.8 Å². The predicted molar refractivity (Wildman–Crippen MR) is 125 cm³/mol. The maximum atomic E-state index is 5.40. The highest BCUT2D eigenvalue weighted by Gasteiger charge is 2.15. The van der Waals surface area contributed by atoms with Crippen molar-refractivity contribution in [2.24, 2.45) is 5.10 Å². The molecule has 2 aromatic carbocycles. The summed E-state index contributed by atoms with van der Waals surface area (Å²) in [6.07, 6.45) is 5.37. The molecule has 0 atom stereocenters. The minimum atomic E-state index is 0.499. The van der Waals surface area contributed by atoms with Crippen molar-refractivity contribution in [1.82, 2.24) is 5.43 Å². The van der Waals surface area contributed by atoms with Crippen molar-refractivity contribution in [2.45, 2.75) is 47.0 Å². The molecule has 0 amide bonds. The first kappa shape index (κ1) is 20.3. The first-order valence-corrected chi connectivity index (χ1v) is 10.4. The number of hydrogen-bond donors (Lipinski definition) is 2. The topological polar surface area (TPSA) is 39.7 Å². The molecule has 1 aliphatic rings. The van der Waals surface area contributed by atoms with Crippen LogP contribution in [0.25, 0.3) is 0 Å². The second-order valence-corrected chi connectivity index (χ2v) is 7.98. The van der Waals surface area contributed by atoms with Crippen LogP contribution in [0.15, 0.2) is 35.4 Å². The summed E-state index contributed by atoms with van der Waals surface area (Å²) in [6.45, 7) is 10.8. The lowest BCUT2D eigenvalue weighted by atomic mass is 9.99. The summed E-state index contributed by atoms with van der Waals surface area (Å²) in [5.41, 5.74) is 11.5. The average molecular weight is 395 g/mol. The fraction of sp³-hybridized carbons (Fsp3) is 0.391. The summed E-state index contributed by atoms with van der Waals surface area (Å²) in [4.78, 5) is 2.49. The van der Waals surface area contributed by atoms with Crippen molar-refractivity contribution < 1.29 is 0 Å². The van der Waals surface area contributed by atoms with Gasteiger partial charge in [-0.15, -0.1) is 0 Å². The van der Waals surface area contributed by atoms with Gasteiger partial charge in [0.1, 0.15) is 0 Å². The summed E-state index contributed by atoms with van der Waals surface area (Å²) in [5.74, 6) is 0. The van der Waals surface area contributed by atoms with Gasteiger partial charge in [0, 0.05) is 24.5 Å². The lowest BCUT2D eigenvalue weighted by molar-refractivity contribution is 0.681. The van der Waals surface area contributed by atoms with E-state index in [1.165, 1.54) is 40.8 Å². The fourth-order valence-corrected chi connectivity index (χ4v) is 4.12. The van der Waals surface area contributed by atoms with Crippen LogP contribution in [0.4, 0.5) is 11.4 Å². The van der Waals surface area contributed by atoms with E-state index in [1.54, 1.807) is 0 Å². The van der Waals surface area contributed by atoms with Crippen LogP contribution >= 0.6 is 12.2 Å². The third-order valence-corrected chi connectivity index (χ3v) is 5.30. The Kier molecular flexibility index (Phi) is 6.68. The van der Waals surface area contributed by atoms with Crippen LogP contribution in [-0.4, -0.2) is 24.4 Å². The SMILES string of the molecule is CCCN1CCCc2cc(C=NNC(=S)Nc3c(C)cc(C)cc3C)ccc21. The van der Waals surface area contributed by atoms with E-state index in [9.17, 15) is 0 Å². The third kappa shape index (κ3) is 4.90. The highest BCUT2D eigenvalue weighted by molar-refractivity contribution is 7.80. The number of aryl methyl sites for hydroxylation is 4. The Balaban J connectivity index is 1.63. The zero-order valence-corrected chi connectivity index (χ0v) is 18.1. The number of rotatable bonds is 5. The van der Waals surface area contributed by atoms with Gasteiger partial charge in [-0.2, -0.15) is 5.10 Å². The van der Waals surface area contributed by atoms with Gasteiger partial charge in [0.25, 0.3) is 0 Å². The van der Waals surface area contributed by atoms with Crippen molar-refractivity contribution >= 4 is 34.9 Å². The summed E-state index contributed by atoms with van der Waals surface area (Å²) in [6, 6.07) is 10.9. The van der Waals surface area contributed by atoms with Gasteiger partial charge in [-0.05, 0) is 86.6 Å². The van der Waals surface area contributed by atoms with E-state index in [1.807, 2.05) is 6.21 Å². The molecule has 2 aromatic rings. The highest BCUT2D eigenvalue weighted by Crippen LogP contribution is 2.27. The van der Waals surface area contributed by atoms with Crippen LogP contribution in [0.1, 0.15) is 47.6 Å². The van der Waals surface area contributed by atoms with Gasteiger partial charge < -0.3 is 10.2 Å². The van der Waals surface area contributed by atoms with Crippen molar-refractivity contribution in [3.05, 3.63) is 58.1 Å². The number of benzene rings is 2. The molecule has 1 aliphatic heterocycles. The van der Waals surface area contributed by atoms with Gasteiger partial charge in [-0.25, -0.2) is 0 Å². The van der Waals surface area contributed by atoms with E-state index >= 15 is 0 Å². The molecular weight excluding hydrogens is 364 g/mol. The molecule has 0 spiro atoms. The van der Waals surface area contributed by atoms with Crippen LogP contribution in [0.2, 0.25) is 0 Å². The molecule has 1 heterocycles. The largest absolute Gasteiger partial charge is 0.371 e. The Hall–Kier alpha value is -2.40. The lowest BCUT2D eigenvalue weighted by Gasteiger charge is -2.31. The Morgan fingerprint density at radius 3 is 2.64 bits per heavy atom. The number of fused-ring (bicyclic) bond motifs is 1. The molecule has 4 nitrogen and oxygen atoms in total. The Morgan fingerprint density at radius 2 is 1.93 bits per heavy atom. The van der Waals surface area contributed by atoms with Crippen molar-refractivity contribution in [3.63, 3.8) is 0 Å². The molecule has 0 aliphatic carbocycles. The zero-order chi connectivity index (χ0) is 20.1. The molecule has 2 N–H and O–H groups in total. The van der Waals surface area contributed by atoms with Gasteiger partial charge in [0.2, 0.25) is 0 Å². The Morgan fingerprint density at radius 1 is 1.18 bits per heavy atom. The van der Waals surface area contributed by atoms with Gasteiger partial charge >= 0.3 is 0 Å².